The van der Waals surface area contributed by atoms with Crippen LogP contribution in [-0.4, -0.2) is 47.4 Å². The average molecular weight is 1930 g/mol. The predicted molar refractivity (Wildman–Crippen MR) is 563 cm³/mol. The molecule has 6 aromatic heterocycles. The fourth-order valence-electron chi connectivity index (χ4n) is 15.0. The molecule has 0 unspecified atom stereocenters. The number of rotatable bonds is 16. The van der Waals surface area contributed by atoms with E-state index in [2.05, 4.69) is 516 Å². The van der Waals surface area contributed by atoms with Crippen LogP contribution >= 0.6 is 47.6 Å². The molecular weight excluding hydrogens is 1830 g/mol. The van der Waals surface area contributed by atoms with Gasteiger partial charge in [0.25, 0.3) is 0 Å². The third kappa shape index (κ3) is 25.4. The van der Waals surface area contributed by atoms with Crippen molar-refractivity contribution in [2.24, 2.45) is 0 Å². The fourth-order valence-corrected chi connectivity index (χ4v) is 24.5. The number of halogens is 1. The number of benzene rings is 14. The Morgan fingerprint density at radius 2 is 0.534 bits per heavy atom. The van der Waals surface area contributed by atoms with Crippen molar-refractivity contribution in [3.05, 3.63) is 526 Å². The smallest absolute Gasteiger partial charge is 0.399 e. The van der Waals surface area contributed by atoms with Crippen LogP contribution in [0, 0.1) is 13.8 Å². The topological polar surface area (TPSA) is 79.9 Å². The van der Waals surface area contributed by atoms with Crippen molar-refractivity contribution < 1.29 is 29.7 Å². The average Bonchev–Trinajstić information content (AvgIpc) is 1.61. The van der Waals surface area contributed by atoms with E-state index >= 15 is 0 Å². The maximum atomic E-state index is 6.15. The van der Waals surface area contributed by atoms with E-state index in [4.69, 9.17) is 9.31 Å². The molecule has 14 aromatic carbocycles. The van der Waals surface area contributed by atoms with Crippen LogP contribution in [0.4, 0.5) is 0 Å². The minimum Gasteiger partial charge on any atom is -0.399 e. The second kappa shape index (κ2) is 48.0. The fraction of sp³-hybridized carbons (Fsp3) is 0.0690. The normalized spacial score (nSPS) is 12.0. The first-order chi connectivity index (χ1) is 63.8. The van der Waals surface area contributed by atoms with Crippen molar-refractivity contribution >= 4 is 146 Å². The summed E-state index contributed by atoms with van der Waals surface area (Å²) < 4.78 is 17.7. The summed E-state index contributed by atoms with van der Waals surface area (Å²) in [4.78, 5) is 16.8. The van der Waals surface area contributed by atoms with Crippen molar-refractivity contribution in [2.45, 2.75) is 52.7 Å². The SMILES string of the molecule is CC1(C)OB(c2ccc3c(ccn3-c3cccnc3)c2)OC1(C)C.Cc1ncccc1-c1ccc2c(ccn2-c2cccnc2)c1.Cc1ncccc1Br.[Pd].c1ccc(P(c2ccccc2)c2ccccc2)cc1.c1ccc(P(c2ccccc2)c2ccccc2)cc1.c1ccc(P(c2ccccc2)c2ccccc2)cc1.c1ccc(P(c2ccccc2)c2ccccc2)cc1. The largest absolute Gasteiger partial charge is 0.494 e. The monoisotopic (exact) mass is 1930 g/mol. The van der Waals surface area contributed by atoms with Crippen molar-refractivity contribution in [3.63, 3.8) is 0 Å². The molecule has 0 aliphatic carbocycles. The van der Waals surface area contributed by atoms with Crippen LogP contribution in [0.2, 0.25) is 0 Å². The zero-order valence-corrected chi connectivity index (χ0v) is 80.8. The Morgan fingerprint density at radius 1 is 0.275 bits per heavy atom. The molecule has 1 aliphatic rings. The Kier molecular flexibility index (Phi) is 34.7. The molecular formula is C116H102BBrN6O2P4Pd. The maximum Gasteiger partial charge on any atom is 0.494 e. The number of hydrogen-bond acceptors (Lipinski definition) is 6. The molecule has 131 heavy (non-hydrogen) atoms. The second-order valence-corrected chi connectivity index (χ2v) is 41.3. The molecule has 0 spiro atoms. The molecule has 0 N–H and O–H groups in total. The van der Waals surface area contributed by atoms with Crippen LogP contribution in [-0.2, 0) is 29.7 Å². The van der Waals surface area contributed by atoms with Crippen molar-refractivity contribution in [1.29, 1.82) is 0 Å². The quantitative estimate of drug-likeness (QED) is 0.0708. The molecule has 7 heterocycles. The van der Waals surface area contributed by atoms with Crippen LogP contribution in [0.25, 0.3) is 44.3 Å². The van der Waals surface area contributed by atoms with Gasteiger partial charge in [0.1, 0.15) is 0 Å². The van der Waals surface area contributed by atoms with Crippen molar-refractivity contribution in [3.8, 4) is 22.5 Å². The number of fused-ring (bicyclic) bond motifs is 2. The van der Waals surface area contributed by atoms with E-state index < -0.39 is 31.7 Å². The van der Waals surface area contributed by atoms with Gasteiger partial charge in [-0.3, -0.25) is 19.9 Å². The molecule has 0 saturated carbocycles. The molecule has 1 fully saturated rings. The molecule has 0 amide bonds. The van der Waals surface area contributed by atoms with Gasteiger partial charge < -0.3 is 18.4 Å². The molecule has 1 aliphatic heterocycles. The van der Waals surface area contributed by atoms with Crippen LogP contribution < -0.4 is 69.1 Å². The van der Waals surface area contributed by atoms with E-state index in [1.165, 1.54) is 85.7 Å². The number of pyridine rings is 4. The van der Waals surface area contributed by atoms with Crippen molar-refractivity contribution in [1.82, 2.24) is 29.1 Å². The number of aromatic nitrogens is 6. The van der Waals surface area contributed by atoms with Gasteiger partial charge >= 0.3 is 7.12 Å². The Bertz CT molecular complexity index is 5890. The predicted octanol–water partition coefficient (Wildman–Crippen LogP) is 23.6. The van der Waals surface area contributed by atoms with Gasteiger partial charge in [0.05, 0.1) is 51.7 Å². The zero-order chi connectivity index (χ0) is 89.5. The van der Waals surface area contributed by atoms with Crippen LogP contribution in [0.5, 0.6) is 0 Å². The molecule has 0 bridgehead atoms. The summed E-state index contributed by atoms with van der Waals surface area (Å²) in [7, 11) is -2.12. The summed E-state index contributed by atoms with van der Waals surface area (Å²) in [6.45, 7) is 12.3. The molecule has 21 rings (SSSR count). The minimum atomic E-state index is -0.446. The minimum absolute atomic E-state index is 0. The summed E-state index contributed by atoms with van der Waals surface area (Å²) >= 11 is 3.33. The Morgan fingerprint density at radius 3 is 0.786 bits per heavy atom. The zero-order valence-electron chi connectivity index (χ0n) is 74.1. The van der Waals surface area contributed by atoms with E-state index in [0.717, 1.165) is 43.6 Å². The summed E-state index contributed by atoms with van der Waals surface area (Å²) in [5.41, 5.74) is 9.30. The van der Waals surface area contributed by atoms with Gasteiger partial charge in [0.15, 0.2) is 0 Å². The van der Waals surface area contributed by atoms with Crippen LogP contribution in [0.1, 0.15) is 39.1 Å². The summed E-state index contributed by atoms with van der Waals surface area (Å²) in [6.07, 6.45) is 15.1. The van der Waals surface area contributed by atoms with Gasteiger partial charge in [-0.2, -0.15) is 0 Å². The van der Waals surface area contributed by atoms with E-state index in [0.29, 0.717) is 0 Å². The summed E-state index contributed by atoms with van der Waals surface area (Å²) in [5.74, 6) is 0. The van der Waals surface area contributed by atoms with E-state index in [1.807, 2.05) is 62.8 Å². The molecule has 8 nitrogen and oxygen atoms in total. The maximum absolute atomic E-state index is 6.15. The Hall–Kier alpha value is -12.4. The first kappa shape index (κ1) is 94.7. The van der Waals surface area contributed by atoms with Gasteiger partial charge in [0.2, 0.25) is 0 Å². The molecule has 0 radical (unpaired) electrons. The van der Waals surface area contributed by atoms with Gasteiger partial charge in [-0.05, 0) is 242 Å². The van der Waals surface area contributed by atoms with Crippen molar-refractivity contribution in [2.75, 3.05) is 0 Å². The summed E-state index contributed by atoms with van der Waals surface area (Å²) in [5, 5.41) is 19.1. The van der Waals surface area contributed by atoms with Crippen LogP contribution in [0.15, 0.2) is 515 Å². The standard InChI is InChI=1S/C19H21BN2O2.C19H15N3.4C18H15P.C6H6BrN.Pd/c1-18(2)19(3,4)24-20(23-18)15-7-8-17-14(12-15)9-11-22(17)16-6-5-10-21-13-16;1-14-18(5-3-10-21-14)15-6-7-19-16(12-15)8-11-22(19)17-4-2-9-20-13-17;4*1-4-10-16(11-5-1)19(17-12-6-2-7-13-17)18-14-8-3-9-15-18;1-5-6(7)3-2-4-8-5;/h5-13H,1-4H3;2-13H,1H3;4*1-15H;2-4H,1H3;. The number of hydrogen-bond donors (Lipinski definition) is 0. The van der Waals surface area contributed by atoms with Gasteiger partial charge in [-0.15, -0.1) is 0 Å². The first-order valence-electron chi connectivity index (χ1n) is 43.5. The second-order valence-electron chi connectivity index (χ2n) is 31.5. The Balaban J connectivity index is 0.000000124. The van der Waals surface area contributed by atoms with Gasteiger partial charge in [0, 0.05) is 78.7 Å². The third-order valence-corrected chi connectivity index (χ3v) is 32.8. The van der Waals surface area contributed by atoms with E-state index in [9.17, 15) is 0 Å². The first-order valence-corrected chi connectivity index (χ1v) is 49.7. The van der Waals surface area contributed by atoms with E-state index in [-0.39, 0.29) is 38.7 Å². The molecule has 0 atom stereocenters. The summed E-state index contributed by atoms with van der Waals surface area (Å²) in [6, 6.07) is 162. The molecule has 1 saturated heterocycles. The van der Waals surface area contributed by atoms with Crippen LogP contribution in [0.3, 0.4) is 0 Å². The Labute approximate surface area is 799 Å². The van der Waals surface area contributed by atoms with Gasteiger partial charge in [-0.1, -0.05) is 388 Å². The van der Waals surface area contributed by atoms with E-state index in [1.54, 1.807) is 18.6 Å². The number of nitrogens with zero attached hydrogens (tertiary/aromatic N) is 6. The molecule has 20 aromatic rings. The number of aryl methyl sites for hydroxylation is 2. The molecule has 15 heteroatoms. The molecule has 648 valence electrons. The third-order valence-electron chi connectivity index (χ3n) is 22.2. The van der Waals surface area contributed by atoms with Gasteiger partial charge in [-0.25, -0.2) is 0 Å².